The lowest BCUT2D eigenvalue weighted by Crippen LogP contribution is -2.01. The normalized spacial score (nSPS) is 21.0. The van der Waals surface area contributed by atoms with Gasteiger partial charge in [-0.05, 0) is 6.07 Å². The van der Waals surface area contributed by atoms with E-state index in [-0.39, 0.29) is 6.10 Å². The van der Waals surface area contributed by atoms with Crippen molar-refractivity contribution in [2.24, 2.45) is 0 Å². The van der Waals surface area contributed by atoms with Crippen LogP contribution in [0, 0.1) is 0 Å². The fourth-order valence-corrected chi connectivity index (χ4v) is 1.33. The van der Waals surface area contributed by atoms with Crippen LogP contribution >= 0.6 is 0 Å². The molecule has 1 aromatic carbocycles. The van der Waals surface area contributed by atoms with Crippen molar-refractivity contribution in [2.75, 3.05) is 13.7 Å². The molecule has 0 saturated heterocycles. The molecule has 0 unspecified atom stereocenters. The molecule has 0 aliphatic carbocycles. The predicted molar refractivity (Wildman–Crippen MR) is 41.7 cm³/mol. The van der Waals surface area contributed by atoms with Gasteiger partial charge in [-0.15, -0.1) is 0 Å². The van der Waals surface area contributed by atoms with Gasteiger partial charge in [-0.3, -0.25) is 0 Å². The smallest absolute Gasteiger partial charge is 0.125 e. The highest BCUT2D eigenvalue weighted by Gasteiger charge is 2.22. The Morgan fingerprint density at radius 2 is 2.27 bits per heavy atom. The van der Waals surface area contributed by atoms with Gasteiger partial charge in [-0.1, -0.05) is 18.2 Å². The molecule has 0 spiro atoms. The number of rotatable bonds is 1. The second kappa shape index (κ2) is 2.55. The fraction of sp³-hybridized carbons (Fsp3) is 0.333. The second-order valence-electron chi connectivity index (χ2n) is 2.57. The molecule has 1 aliphatic rings. The molecule has 0 radical (unpaired) electrons. The maximum atomic E-state index is 5.38. The van der Waals surface area contributed by atoms with Gasteiger partial charge < -0.3 is 9.47 Å². The molecular weight excluding hydrogens is 140 g/mol. The molecule has 2 nitrogen and oxygen atoms in total. The number of benzene rings is 1. The molecule has 2 heteroatoms. The van der Waals surface area contributed by atoms with Crippen molar-refractivity contribution < 1.29 is 9.47 Å². The highest BCUT2D eigenvalue weighted by molar-refractivity contribution is 5.38. The van der Waals surface area contributed by atoms with Crippen LogP contribution in [-0.2, 0) is 4.74 Å². The number of methoxy groups -OCH3 is 1. The number of hydrogen-bond donors (Lipinski definition) is 0. The first-order valence-electron chi connectivity index (χ1n) is 3.66. The van der Waals surface area contributed by atoms with E-state index >= 15 is 0 Å². The first-order chi connectivity index (χ1) is 5.42. The summed E-state index contributed by atoms with van der Waals surface area (Å²) in [5.41, 5.74) is 1.16. The van der Waals surface area contributed by atoms with Gasteiger partial charge in [0, 0.05) is 12.7 Å². The molecule has 1 heterocycles. The summed E-state index contributed by atoms with van der Waals surface area (Å²) in [5, 5.41) is 0. The van der Waals surface area contributed by atoms with E-state index in [1.807, 2.05) is 24.3 Å². The van der Waals surface area contributed by atoms with Crippen LogP contribution in [0.3, 0.4) is 0 Å². The molecule has 1 aromatic rings. The van der Waals surface area contributed by atoms with E-state index in [0.29, 0.717) is 6.61 Å². The zero-order valence-corrected chi connectivity index (χ0v) is 6.41. The zero-order chi connectivity index (χ0) is 7.68. The molecule has 0 bridgehead atoms. The lowest BCUT2D eigenvalue weighted by atomic mass is 10.1. The van der Waals surface area contributed by atoms with Crippen molar-refractivity contribution in [2.45, 2.75) is 6.10 Å². The lowest BCUT2D eigenvalue weighted by Gasteiger charge is -2.03. The number of hydrogen-bond acceptors (Lipinski definition) is 2. The van der Waals surface area contributed by atoms with Gasteiger partial charge in [0.2, 0.25) is 0 Å². The maximum Gasteiger partial charge on any atom is 0.125 e. The summed E-state index contributed by atoms with van der Waals surface area (Å²) in [4.78, 5) is 0. The molecule has 0 fully saturated rings. The Morgan fingerprint density at radius 3 is 3.09 bits per heavy atom. The molecule has 0 N–H and O–H groups in total. The minimum Gasteiger partial charge on any atom is -0.490 e. The fourth-order valence-electron chi connectivity index (χ4n) is 1.33. The van der Waals surface area contributed by atoms with Crippen molar-refractivity contribution in [3.63, 3.8) is 0 Å². The highest BCUT2D eigenvalue weighted by Crippen LogP contribution is 2.33. The molecule has 1 aliphatic heterocycles. The molecule has 1 atom stereocenters. The lowest BCUT2D eigenvalue weighted by molar-refractivity contribution is 0.0817. The quantitative estimate of drug-likeness (QED) is 0.607. The van der Waals surface area contributed by atoms with Crippen LogP contribution in [0.1, 0.15) is 11.7 Å². The third kappa shape index (κ3) is 0.994. The van der Waals surface area contributed by atoms with Crippen LogP contribution in [0.15, 0.2) is 24.3 Å². The van der Waals surface area contributed by atoms with Gasteiger partial charge in [0.1, 0.15) is 18.5 Å². The second-order valence-corrected chi connectivity index (χ2v) is 2.57. The summed E-state index contributed by atoms with van der Waals surface area (Å²) >= 11 is 0. The molecule has 0 aromatic heterocycles. The monoisotopic (exact) mass is 150 g/mol. The Labute approximate surface area is 65.7 Å². The predicted octanol–water partition coefficient (Wildman–Crippen LogP) is 1.77. The third-order valence-electron chi connectivity index (χ3n) is 1.94. The van der Waals surface area contributed by atoms with E-state index in [4.69, 9.17) is 9.47 Å². The van der Waals surface area contributed by atoms with Crippen LogP contribution in [0.2, 0.25) is 0 Å². The Bertz CT molecular complexity index is 257. The van der Waals surface area contributed by atoms with E-state index < -0.39 is 0 Å². The van der Waals surface area contributed by atoms with E-state index in [9.17, 15) is 0 Å². The van der Waals surface area contributed by atoms with Gasteiger partial charge in [0.05, 0.1) is 0 Å². The SMILES string of the molecule is CO[C@@H]1COc2ccccc21. The minimum absolute atomic E-state index is 0.131. The van der Waals surface area contributed by atoms with Crippen LogP contribution in [0.5, 0.6) is 5.75 Å². The minimum atomic E-state index is 0.131. The molecule has 11 heavy (non-hydrogen) atoms. The van der Waals surface area contributed by atoms with Crippen molar-refractivity contribution in [3.8, 4) is 5.75 Å². The first-order valence-corrected chi connectivity index (χ1v) is 3.66. The van der Waals surface area contributed by atoms with E-state index in [2.05, 4.69) is 0 Å². The highest BCUT2D eigenvalue weighted by atomic mass is 16.5. The maximum absolute atomic E-state index is 5.38. The van der Waals surface area contributed by atoms with Gasteiger partial charge in [-0.2, -0.15) is 0 Å². The summed E-state index contributed by atoms with van der Waals surface area (Å²) in [7, 11) is 1.70. The Kier molecular flexibility index (Phi) is 1.55. The Balaban J connectivity index is 2.39. The standard InChI is InChI=1S/C9H10O2/c1-10-9-6-11-8-5-3-2-4-7(8)9/h2-5,9H,6H2,1H3/t9-/m1/s1. The van der Waals surface area contributed by atoms with Crippen molar-refractivity contribution in [1.29, 1.82) is 0 Å². The first kappa shape index (κ1) is 6.68. The van der Waals surface area contributed by atoms with E-state index in [0.717, 1.165) is 11.3 Å². The zero-order valence-electron chi connectivity index (χ0n) is 6.41. The number of para-hydroxylation sites is 1. The molecule has 58 valence electrons. The third-order valence-corrected chi connectivity index (χ3v) is 1.94. The van der Waals surface area contributed by atoms with Crippen molar-refractivity contribution in [3.05, 3.63) is 29.8 Å². The Hall–Kier alpha value is -1.02. The molecule has 0 saturated carbocycles. The molecule has 2 rings (SSSR count). The summed E-state index contributed by atoms with van der Waals surface area (Å²) in [6, 6.07) is 7.97. The average Bonchev–Trinajstić information content (AvgIpc) is 2.47. The van der Waals surface area contributed by atoms with Crippen molar-refractivity contribution >= 4 is 0 Å². The van der Waals surface area contributed by atoms with E-state index in [1.54, 1.807) is 7.11 Å². The summed E-state index contributed by atoms with van der Waals surface area (Å²) in [5.74, 6) is 0.958. The summed E-state index contributed by atoms with van der Waals surface area (Å²) in [6.07, 6.45) is 0.131. The van der Waals surface area contributed by atoms with Gasteiger partial charge in [-0.25, -0.2) is 0 Å². The number of fused-ring (bicyclic) bond motifs is 1. The largest absolute Gasteiger partial charge is 0.490 e. The van der Waals surface area contributed by atoms with Gasteiger partial charge >= 0.3 is 0 Å². The van der Waals surface area contributed by atoms with E-state index in [1.165, 1.54) is 0 Å². The van der Waals surface area contributed by atoms with Crippen LogP contribution in [0.4, 0.5) is 0 Å². The van der Waals surface area contributed by atoms with Crippen LogP contribution in [0.25, 0.3) is 0 Å². The Morgan fingerprint density at radius 1 is 1.45 bits per heavy atom. The summed E-state index contributed by atoms with van der Waals surface area (Å²) in [6.45, 7) is 0.649. The van der Waals surface area contributed by atoms with Crippen LogP contribution in [-0.4, -0.2) is 13.7 Å². The van der Waals surface area contributed by atoms with Gasteiger partial charge in [0.15, 0.2) is 0 Å². The average molecular weight is 150 g/mol. The van der Waals surface area contributed by atoms with Crippen LogP contribution < -0.4 is 4.74 Å². The van der Waals surface area contributed by atoms with Gasteiger partial charge in [0.25, 0.3) is 0 Å². The number of ether oxygens (including phenoxy) is 2. The van der Waals surface area contributed by atoms with Crippen molar-refractivity contribution in [1.82, 2.24) is 0 Å². The molecular formula is C9H10O2. The summed E-state index contributed by atoms with van der Waals surface area (Å²) < 4.78 is 10.6. The topological polar surface area (TPSA) is 18.5 Å². The molecule has 0 amide bonds.